The lowest BCUT2D eigenvalue weighted by atomic mass is 10.1. The van der Waals surface area contributed by atoms with Crippen LogP contribution < -0.4 is 4.90 Å². The van der Waals surface area contributed by atoms with Crippen molar-refractivity contribution in [1.82, 2.24) is 14.9 Å². The Morgan fingerprint density at radius 3 is 2.90 bits per heavy atom. The van der Waals surface area contributed by atoms with E-state index >= 15 is 0 Å². The highest BCUT2D eigenvalue weighted by molar-refractivity contribution is 5.97. The highest BCUT2D eigenvalue weighted by Gasteiger charge is 2.47. The third-order valence-electron chi connectivity index (χ3n) is 4.40. The average molecular weight is 284 g/mol. The summed E-state index contributed by atoms with van der Waals surface area (Å²) in [5.74, 6) is 0.164. The number of fused-ring (bicyclic) bond motifs is 1. The summed E-state index contributed by atoms with van der Waals surface area (Å²) >= 11 is 0. The Hall–Kier alpha value is -2.21. The van der Waals surface area contributed by atoms with Gasteiger partial charge in [0.2, 0.25) is 5.91 Å². The predicted octanol–water partition coefficient (Wildman–Crippen LogP) is 1.45. The Kier molecular flexibility index (Phi) is 2.96. The molecule has 108 valence electrons. The fourth-order valence-electron chi connectivity index (χ4n) is 3.49. The molecule has 2 atom stereocenters. The van der Waals surface area contributed by atoms with Gasteiger partial charge in [-0.05, 0) is 12.5 Å². The van der Waals surface area contributed by atoms with E-state index in [9.17, 15) is 4.79 Å². The molecule has 0 aliphatic carbocycles. The molecule has 2 aromatic rings. The number of carbonyl (C=O) groups is 1. The van der Waals surface area contributed by atoms with E-state index in [2.05, 4.69) is 14.9 Å². The molecule has 0 spiro atoms. The molecule has 1 amide bonds. The summed E-state index contributed by atoms with van der Waals surface area (Å²) in [6, 6.07) is 2.48. The van der Waals surface area contributed by atoms with E-state index < -0.39 is 0 Å². The second kappa shape index (κ2) is 4.96. The lowest BCUT2D eigenvalue weighted by Gasteiger charge is -2.24. The van der Waals surface area contributed by atoms with E-state index in [4.69, 9.17) is 4.42 Å². The standard InChI is InChI=1S/C15H16N4O2/c20-15-5-14-13(19(15)12-6-16-10-17-7-12)1-3-18(14)8-11-2-4-21-9-11/h2,4,6-7,9-10,13-14H,1,3,5,8H2/t13-,14+/m1/s1. The number of hydrogen-bond acceptors (Lipinski definition) is 5. The van der Waals surface area contributed by atoms with Crippen LogP contribution in [-0.2, 0) is 11.3 Å². The number of hydrogen-bond donors (Lipinski definition) is 0. The minimum atomic E-state index is 0.164. The van der Waals surface area contributed by atoms with Gasteiger partial charge in [-0.3, -0.25) is 9.69 Å². The summed E-state index contributed by atoms with van der Waals surface area (Å²) in [4.78, 5) is 24.7. The van der Waals surface area contributed by atoms with E-state index in [1.165, 1.54) is 6.33 Å². The Balaban J connectivity index is 1.55. The third-order valence-corrected chi connectivity index (χ3v) is 4.40. The minimum Gasteiger partial charge on any atom is -0.472 e. The molecule has 4 heterocycles. The number of rotatable bonds is 3. The van der Waals surface area contributed by atoms with E-state index in [0.717, 1.165) is 30.8 Å². The van der Waals surface area contributed by atoms with Gasteiger partial charge in [0.1, 0.15) is 6.33 Å². The van der Waals surface area contributed by atoms with E-state index in [0.29, 0.717) is 6.42 Å². The number of carbonyl (C=O) groups excluding carboxylic acids is 1. The van der Waals surface area contributed by atoms with Crippen LogP contribution in [0.2, 0.25) is 0 Å². The van der Waals surface area contributed by atoms with Gasteiger partial charge in [0.25, 0.3) is 0 Å². The van der Waals surface area contributed by atoms with Crippen molar-refractivity contribution in [3.63, 3.8) is 0 Å². The maximum absolute atomic E-state index is 12.4. The zero-order valence-electron chi connectivity index (χ0n) is 11.6. The van der Waals surface area contributed by atoms with Crippen molar-refractivity contribution < 1.29 is 9.21 Å². The number of amides is 1. The molecule has 0 aromatic carbocycles. The molecule has 2 aromatic heterocycles. The number of anilines is 1. The number of furan rings is 1. The van der Waals surface area contributed by atoms with Crippen molar-refractivity contribution >= 4 is 11.6 Å². The topological polar surface area (TPSA) is 62.5 Å². The SMILES string of the molecule is O=C1C[C@H]2[C@@H](CCN2Cc2ccoc2)N1c1cncnc1. The smallest absolute Gasteiger partial charge is 0.229 e. The zero-order valence-corrected chi connectivity index (χ0v) is 11.6. The van der Waals surface area contributed by atoms with Crippen molar-refractivity contribution in [2.24, 2.45) is 0 Å². The Bertz CT molecular complexity index is 628. The van der Waals surface area contributed by atoms with Crippen molar-refractivity contribution in [2.75, 3.05) is 11.4 Å². The fraction of sp³-hybridized carbons (Fsp3) is 0.400. The maximum atomic E-state index is 12.4. The second-order valence-corrected chi connectivity index (χ2v) is 5.59. The molecule has 0 bridgehead atoms. The van der Waals surface area contributed by atoms with Crippen molar-refractivity contribution in [3.8, 4) is 0 Å². The van der Waals surface area contributed by atoms with Crippen LogP contribution in [-0.4, -0.2) is 39.4 Å². The molecule has 0 radical (unpaired) electrons. The Labute approximate surface area is 122 Å². The average Bonchev–Trinajstić information content (AvgIpc) is 3.19. The molecule has 2 aliphatic rings. The Morgan fingerprint density at radius 1 is 1.29 bits per heavy atom. The molecule has 2 aliphatic heterocycles. The van der Waals surface area contributed by atoms with Gasteiger partial charge < -0.3 is 9.32 Å². The summed E-state index contributed by atoms with van der Waals surface area (Å²) in [5, 5.41) is 0. The summed E-state index contributed by atoms with van der Waals surface area (Å²) in [6.07, 6.45) is 9.93. The number of nitrogens with zero attached hydrogens (tertiary/aromatic N) is 4. The first-order valence-corrected chi connectivity index (χ1v) is 7.15. The quantitative estimate of drug-likeness (QED) is 0.853. The van der Waals surface area contributed by atoms with Gasteiger partial charge in [-0.2, -0.15) is 0 Å². The molecule has 0 unspecified atom stereocenters. The summed E-state index contributed by atoms with van der Waals surface area (Å²) < 4.78 is 5.13. The minimum absolute atomic E-state index is 0.164. The summed E-state index contributed by atoms with van der Waals surface area (Å²) in [6.45, 7) is 1.84. The molecular formula is C15H16N4O2. The molecule has 6 heteroatoms. The highest BCUT2D eigenvalue weighted by atomic mass is 16.3. The normalized spacial score (nSPS) is 25.5. The van der Waals surface area contributed by atoms with Crippen LogP contribution in [0.15, 0.2) is 41.7 Å². The van der Waals surface area contributed by atoms with Gasteiger partial charge in [-0.25, -0.2) is 9.97 Å². The first-order chi connectivity index (χ1) is 10.3. The zero-order chi connectivity index (χ0) is 14.2. The largest absolute Gasteiger partial charge is 0.472 e. The van der Waals surface area contributed by atoms with Crippen LogP contribution in [0.3, 0.4) is 0 Å². The molecule has 0 N–H and O–H groups in total. The summed E-state index contributed by atoms with van der Waals surface area (Å²) in [5.41, 5.74) is 1.96. The van der Waals surface area contributed by atoms with Crippen LogP contribution in [0.5, 0.6) is 0 Å². The van der Waals surface area contributed by atoms with Crippen LogP contribution >= 0.6 is 0 Å². The first-order valence-electron chi connectivity index (χ1n) is 7.15. The maximum Gasteiger partial charge on any atom is 0.229 e. The highest BCUT2D eigenvalue weighted by Crippen LogP contribution is 2.36. The lowest BCUT2D eigenvalue weighted by molar-refractivity contribution is -0.117. The van der Waals surface area contributed by atoms with Gasteiger partial charge in [0, 0.05) is 31.1 Å². The van der Waals surface area contributed by atoms with Gasteiger partial charge in [0.05, 0.1) is 36.6 Å². The first kappa shape index (κ1) is 12.5. The molecule has 0 saturated carbocycles. The van der Waals surface area contributed by atoms with E-state index in [1.54, 1.807) is 24.9 Å². The molecule has 21 heavy (non-hydrogen) atoms. The predicted molar refractivity (Wildman–Crippen MR) is 75.4 cm³/mol. The van der Waals surface area contributed by atoms with Crippen LogP contribution in [0.25, 0.3) is 0 Å². The van der Waals surface area contributed by atoms with Crippen molar-refractivity contribution in [3.05, 3.63) is 42.9 Å². The molecule has 2 saturated heterocycles. The van der Waals surface area contributed by atoms with E-state index in [-0.39, 0.29) is 18.0 Å². The van der Waals surface area contributed by atoms with E-state index in [1.807, 2.05) is 11.0 Å². The van der Waals surface area contributed by atoms with Gasteiger partial charge in [-0.15, -0.1) is 0 Å². The number of aromatic nitrogens is 2. The van der Waals surface area contributed by atoms with Gasteiger partial charge in [0.15, 0.2) is 0 Å². The van der Waals surface area contributed by atoms with Crippen molar-refractivity contribution in [2.45, 2.75) is 31.5 Å². The van der Waals surface area contributed by atoms with Crippen LogP contribution in [0.1, 0.15) is 18.4 Å². The second-order valence-electron chi connectivity index (χ2n) is 5.59. The van der Waals surface area contributed by atoms with Crippen LogP contribution in [0.4, 0.5) is 5.69 Å². The molecule has 4 rings (SSSR count). The van der Waals surface area contributed by atoms with Gasteiger partial charge in [-0.1, -0.05) is 0 Å². The van der Waals surface area contributed by atoms with Crippen molar-refractivity contribution in [1.29, 1.82) is 0 Å². The molecule has 2 fully saturated rings. The van der Waals surface area contributed by atoms with Gasteiger partial charge >= 0.3 is 0 Å². The molecule has 6 nitrogen and oxygen atoms in total. The number of likely N-dealkylation sites (tertiary alicyclic amines) is 1. The fourth-order valence-corrected chi connectivity index (χ4v) is 3.49. The summed E-state index contributed by atoms with van der Waals surface area (Å²) in [7, 11) is 0. The Morgan fingerprint density at radius 2 is 2.14 bits per heavy atom. The third kappa shape index (κ3) is 2.12. The monoisotopic (exact) mass is 284 g/mol. The molecular weight excluding hydrogens is 268 g/mol. The van der Waals surface area contributed by atoms with Crippen LogP contribution in [0, 0.1) is 0 Å². The lowest BCUT2D eigenvalue weighted by Crippen LogP contribution is -2.37.